The molecule has 0 heterocycles. The lowest BCUT2D eigenvalue weighted by Crippen LogP contribution is -1.98. The number of hydrogen-bond donors (Lipinski definition) is 2. The zero-order valence-electron chi connectivity index (χ0n) is 9.02. The van der Waals surface area contributed by atoms with Crippen LogP contribution < -0.4 is 0 Å². The van der Waals surface area contributed by atoms with Crippen LogP contribution >= 0.6 is 0 Å². The lowest BCUT2D eigenvalue weighted by Gasteiger charge is -2.07. The first-order chi connectivity index (χ1) is 8.49. The molecule has 0 aliphatic rings. The Kier molecular flexibility index (Phi) is 2.97. The second kappa shape index (κ2) is 4.44. The van der Waals surface area contributed by atoms with Crippen molar-refractivity contribution in [2.75, 3.05) is 0 Å². The largest absolute Gasteiger partial charge is 0.507 e. The molecule has 0 atom stereocenters. The summed E-state index contributed by atoms with van der Waals surface area (Å²) in [6.07, 6.45) is 0. The smallest absolute Gasteiger partial charge is 0.335 e. The fraction of sp³-hybridized carbons (Fsp3) is 0. The molecule has 18 heavy (non-hydrogen) atoms. The molecule has 2 rings (SSSR count). The van der Waals surface area contributed by atoms with Crippen molar-refractivity contribution in [1.82, 2.24) is 0 Å². The van der Waals surface area contributed by atoms with Gasteiger partial charge in [-0.15, -0.1) is 0 Å². The van der Waals surface area contributed by atoms with Crippen LogP contribution in [-0.4, -0.2) is 16.2 Å². The van der Waals surface area contributed by atoms with Crippen molar-refractivity contribution in [3.8, 4) is 16.9 Å². The molecule has 2 aromatic carbocycles. The minimum Gasteiger partial charge on any atom is -0.507 e. The summed E-state index contributed by atoms with van der Waals surface area (Å²) in [7, 11) is 0. The first-order valence-electron chi connectivity index (χ1n) is 5.01. The van der Waals surface area contributed by atoms with Crippen molar-refractivity contribution in [3.05, 3.63) is 53.6 Å². The Bertz CT molecular complexity index is 624. The van der Waals surface area contributed by atoms with Crippen LogP contribution in [0.5, 0.6) is 5.75 Å². The molecule has 0 aliphatic heterocycles. The number of carbonyl (C=O) groups is 1. The normalized spacial score (nSPS) is 10.3. The summed E-state index contributed by atoms with van der Waals surface area (Å²) in [5.74, 6) is -2.94. The molecule has 0 bridgehead atoms. The number of rotatable bonds is 2. The third kappa shape index (κ3) is 2.15. The van der Waals surface area contributed by atoms with Crippen molar-refractivity contribution in [1.29, 1.82) is 0 Å². The topological polar surface area (TPSA) is 57.5 Å². The van der Waals surface area contributed by atoms with Gasteiger partial charge in [0.05, 0.1) is 5.56 Å². The van der Waals surface area contributed by atoms with Crippen LogP contribution in [-0.2, 0) is 0 Å². The molecule has 0 saturated carbocycles. The molecular weight excluding hydrogens is 242 g/mol. The van der Waals surface area contributed by atoms with Crippen LogP contribution in [0.1, 0.15) is 10.4 Å². The highest BCUT2D eigenvalue weighted by atomic mass is 19.1. The average Bonchev–Trinajstić information content (AvgIpc) is 2.33. The lowest BCUT2D eigenvalue weighted by molar-refractivity contribution is 0.0697. The standard InChI is InChI=1S/C13H8F2O3/c14-8-2-4-12(16)10(6-8)9-5-7(13(17)18)1-3-11(9)15/h1-6,16H,(H,17,18). The van der Waals surface area contributed by atoms with Crippen molar-refractivity contribution < 1.29 is 23.8 Å². The Morgan fingerprint density at radius 3 is 2.39 bits per heavy atom. The number of aromatic hydroxyl groups is 1. The first-order valence-corrected chi connectivity index (χ1v) is 5.01. The van der Waals surface area contributed by atoms with E-state index in [1.807, 2.05) is 0 Å². The third-order valence-electron chi connectivity index (χ3n) is 2.46. The molecule has 2 aromatic rings. The summed E-state index contributed by atoms with van der Waals surface area (Å²) in [4.78, 5) is 10.8. The minimum absolute atomic E-state index is 0.0874. The van der Waals surface area contributed by atoms with E-state index in [2.05, 4.69) is 0 Å². The van der Waals surface area contributed by atoms with Gasteiger partial charge in [-0.25, -0.2) is 13.6 Å². The summed E-state index contributed by atoms with van der Waals surface area (Å²) in [6.45, 7) is 0. The third-order valence-corrected chi connectivity index (χ3v) is 2.46. The summed E-state index contributed by atoms with van der Waals surface area (Å²) in [5.41, 5.74) is -0.391. The van der Waals surface area contributed by atoms with Crippen molar-refractivity contribution >= 4 is 5.97 Å². The van der Waals surface area contributed by atoms with Gasteiger partial charge in [0.2, 0.25) is 0 Å². The monoisotopic (exact) mass is 250 g/mol. The van der Waals surface area contributed by atoms with E-state index >= 15 is 0 Å². The molecule has 3 nitrogen and oxygen atoms in total. The molecule has 92 valence electrons. The van der Waals surface area contributed by atoms with Gasteiger partial charge in [-0.05, 0) is 36.4 Å². The highest BCUT2D eigenvalue weighted by molar-refractivity contribution is 5.89. The van der Waals surface area contributed by atoms with Crippen molar-refractivity contribution in [2.45, 2.75) is 0 Å². The molecule has 0 aromatic heterocycles. The van der Waals surface area contributed by atoms with E-state index in [9.17, 15) is 18.7 Å². The van der Waals surface area contributed by atoms with E-state index in [1.54, 1.807) is 0 Å². The van der Waals surface area contributed by atoms with Gasteiger partial charge in [0, 0.05) is 11.1 Å². The SMILES string of the molecule is O=C(O)c1ccc(F)c(-c2cc(F)ccc2O)c1. The summed E-state index contributed by atoms with van der Waals surface area (Å²) >= 11 is 0. The number of hydrogen-bond acceptors (Lipinski definition) is 2. The second-order valence-electron chi connectivity index (χ2n) is 3.66. The quantitative estimate of drug-likeness (QED) is 0.861. The minimum atomic E-state index is -1.23. The van der Waals surface area contributed by atoms with Gasteiger partial charge in [0.1, 0.15) is 17.4 Å². The number of carboxylic acids is 1. The molecule has 5 heteroatoms. The van der Waals surface area contributed by atoms with Gasteiger partial charge >= 0.3 is 5.97 Å². The highest BCUT2D eigenvalue weighted by Crippen LogP contribution is 2.32. The van der Waals surface area contributed by atoms with Gasteiger partial charge in [0.15, 0.2) is 0 Å². The Morgan fingerprint density at radius 2 is 1.72 bits per heavy atom. The number of aromatic carboxylic acids is 1. The predicted molar refractivity (Wildman–Crippen MR) is 60.4 cm³/mol. The molecule has 2 N–H and O–H groups in total. The van der Waals surface area contributed by atoms with Crippen LogP contribution in [0.25, 0.3) is 11.1 Å². The van der Waals surface area contributed by atoms with Gasteiger partial charge in [-0.1, -0.05) is 0 Å². The summed E-state index contributed by atoms with van der Waals surface area (Å²) in [6, 6.07) is 6.15. The van der Waals surface area contributed by atoms with Crippen LogP contribution in [0, 0.1) is 11.6 Å². The van der Waals surface area contributed by atoms with Crippen LogP contribution in [0.4, 0.5) is 8.78 Å². The van der Waals surface area contributed by atoms with Crippen LogP contribution in [0.2, 0.25) is 0 Å². The number of phenols is 1. The number of carboxylic acid groups (broad SMARTS) is 1. The Morgan fingerprint density at radius 1 is 1.00 bits per heavy atom. The lowest BCUT2D eigenvalue weighted by atomic mass is 10.0. The van der Waals surface area contributed by atoms with E-state index in [1.165, 1.54) is 0 Å². The predicted octanol–water partition coefficient (Wildman–Crippen LogP) is 3.04. The Labute approximate surface area is 101 Å². The molecule has 0 radical (unpaired) electrons. The van der Waals surface area contributed by atoms with E-state index in [4.69, 9.17) is 5.11 Å². The molecule has 0 fully saturated rings. The van der Waals surface area contributed by atoms with E-state index in [0.717, 1.165) is 36.4 Å². The Hall–Kier alpha value is -2.43. The van der Waals surface area contributed by atoms with E-state index < -0.39 is 17.6 Å². The molecule has 0 amide bonds. The van der Waals surface area contributed by atoms with E-state index in [-0.39, 0.29) is 22.4 Å². The summed E-state index contributed by atoms with van der Waals surface area (Å²) in [5, 5.41) is 18.4. The van der Waals surface area contributed by atoms with E-state index in [0.29, 0.717) is 0 Å². The fourth-order valence-electron chi connectivity index (χ4n) is 1.59. The zero-order valence-corrected chi connectivity index (χ0v) is 9.02. The second-order valence-corrected chi connectivity index (χ2v) is 3.66. The molecule has 0 saturated heterocycles. The van der Waals surface area contributed by atoms with Crippen LogP contribution in [0.15, 0.2) is 36.4 Å². The van der Waals surface area contributed by atoms with Gasteiger partial charge < -0.3 is 10.2 Å². The average molecular weight is 250 g/mol. The number of halogens is 2. The highest BCUT2D eigenvalue weighted by Gasteiger charge is 2.13. The maximum Gasteiger partial charge on any atom is 0.335 e. The first kappa shape index (κ1) is 12.0. The molecular formula is C13H8F2O3. The fourth-order valence-corrected chi connectivity index (χ4v) is 1.59. The molecule has 0 aliphatic carbocycles. The Balaban J connectivity index is 2.66. The maximum atomic E-state index is 13.6. The maximum absolute atomic E-state index is 13.6. The van der Waals surface area contributed by atoms with Gasteiger partial charge in [-0.3, -0.25) is 0 Å². The summed E-state index contributed by atoms with van der Waals surface area (Å²) < 4.78 is 26.7. The number of benzene rings is 2. The van der Waals surface area contributed by atoms with Crippen LogP contribution in [0.3, 0.4) is 0 Å². The molecule has 0 unspecified atom stereocenters. The van der Waals surface area contributed by atoms with Gasteiger partial charge in [-0.2, -0.15) is 0 Å². The van der Waals surface area contributed by atoms with Gasteiger partial charge in [0.25, 0.3) is 0 Å². The van der Waals surface area contributed by atoms with Crippen molar-refractivity contribution in [3.63, 3.8) is 0 Å². The number of phenolic OH excluding ortho intramolecular Hbond substituents is 1. The molecule has 0 spiro atoms. The van der Waals surface area contributed by atoms with Crippen molar-refractivity contribution in [2.24, 2.45) is 0 Å². The zero-order chi connectivity index (χ0) is 13.3.